The number of hydrogen-bond donors (Lipinski definition) is 0. The van der Waals surface area contributed by atoms with Crippen LogP contribution < -0.4 is 0 Å². The average Bonchev–Trinajstić information content (AvgIpc) is 3.48. The van der Waals surface area contributed by atoms with E-state index in [1.165, 1.54) is 87.9 Å². The summed E-state index contributed by atoms with van der Waals surface area (Å²) < 4.78 is 2.33. The summed E-state index contributed by atoms with van der Waals surface area (Å²) in [4.78, 5) is 0. The Hall–Kier alpha value is -6.44. The van der Waals surface area contributed by atoms with Crippen LogP contribution in [0.4, 0.5) is 0 Å². The molecule has 0 aliphatic carbocycles. The maximum absolute atomic E-state index is 2.33. The lowest BCUT2D eigenvalue weighted by atomic mass is 9.95. The van der Waals surface area contributed by atoms with Gasteiger partial charge in [0, 0.05) is 28.9 Å². The summed E-state index contributed by atoms with van der Waals surface area (Å²) in [6, 6.07) is 63.6. The van der Waals surface area contributed by atoms with Crippen molar-refractivity contribution in [1.82, 2.24) is 4.57 Å². The Morgan fingerprint density at radius 2 is 0.960 bits per heavy atom. The minimum absolute atomic E-state index is 1.19. The lowest BCUT2D eigenvalue weighted by molar-refractivity contribution is 1.02. The number of para-hydroxylation sites is 2. The molecule has 0 N–H and O–H groups in total. The zero-order valence-electron chi connectivity index (χ0n) is 27.9. The molecule has 236 valence electrons. The molecule has 0 fully saturated rings. The van der Waals surface area contributed by atoms with E-state index in [9.17, 15) is 0 Å². The molecule has 9 aromatic rings. The molecule has 0 aliphatic rings. The molecular weight excluding hydrogens is 603 g/mol. The Kier molecular flexibility index (Phi) is 7.44. The van der Waals surface area contributed by atoms with Crippen molar-refractivity contribution in [3.05, 3.63) is 204 Å². The van der Waals surface area contributed by atoms with E-state index in [1.807, 2.05) is 0 Å². The molecule has 0 aliphatic heterocycles. The molecule has 0 bridgehead atoms. The fourth-order valence-electron chi connectivity index (χ4n) is 7.41. The second-order valence-corrected chi connectivity index (χ2v) is 13.1. The third kappa shape index (κ3) is 5.49. The predicted molar refractivity (Wildman–Crippen MR) is 216 cm³/mol. The smallest absolute Gasteiger partial charge is 0.0568 e. The lowest BCUT2D eigenvalue weighted by Gasteiger charge is -2.10. The summed E-state index contributed by atoms with van der Waals surface area (Å²) in [6.45, 7) is 0. The van der Waals surface area contributed by atoms with Crippen LogP contribution in [0, 0.1) is 0 Å². The van der Waals surface area contributed by atoms with E-state index in [4.69, 9.17) is 0 Å². The predicted octanol–water partition coefficient (Wildman–Crippen LogP) is 13.1. The van der Waals surface area contributed by atoms with Crippen LogP contribution in [0.5, 0.6) is 0 Å². The molecule has 8 aromatic carbocycles. The second-order valence-electron chi connectivity index (χ2n) is 13.1. The zero-order chi connectivity index (χ0) is 33.4. The highest BCUT2D eigenvalue weighted by atomic mass is 14.9. The lowest BCUT2D eigenvalue weighted by Crippen LogP contribution is -1.90. The van der Waals surface area contributed by atoms with Crippen molar-refractivity contribution in [2.75, 3.05) is 0 Å². The van der Waals surface area contributed by atoms with Crippen molar-refractivity contribution in [1.29, 1.82) is 0 Å². The first-order chi connectivity index (χ1) is 24.7. The number of rotatable bonds is 6. The molecule has 0 saturated heterocycles. The summed E-state index contributed by atoms with van der Waals surface area (Å²) >= 11 is 0. The second kappa shape index (κ2) is 12.5. The molecule has 0 spiro atoms. The van der Waals surface area contributed by atoms with E-state index in [1.54, 1.807) is 0 Å². The van der Waals surface area contributed by atoms with Crippen LogP contribution in [0.3, 0.4) is 0 Å². The number of hydrogen-bond acceptors (Lipinski definition) is 0. The highest BCUT2D eigenvalue weighted by Gasteiger charge is 2.13. The van der Waals surface area contributed by atoms with E-state index in [-0.39, 0.29) is 0 Å². The topological polar surface area (TPSA) is 4.93 Å². The van der Waals surface area contributed by atoms with Gasteiger partial charge in [0.2, 0.25) is 0 Å². The van der Waals surface area contributed by atoms with Gasteiger partial charge >= 0.3 is 0 Å². The Labute approximate surface area is 292 Å². The molecule has 1 aromatic heterocycles. The van der Waals surface area contributed by atoms with E-state index < -0.39 is 0 Å². The summed E-state index contributed by atoms with van der Waals surface area (Å²) in [5.41, 5.74) is 12.3. The molecular formula is C49H35N. The molecule has 50 heavy (non-hydrogen) atoms. The van der Waals surface area contributed by atoms with Gasteiger partial charge in [-0.1, -0.05) is 158 Å². The Balaban J connectivity index is 0.986. The van der Waals surface area contributed by atoms with Crippen molar-refractivity contribution >= 4 is 67.2 Å². The third-order valence-corrected chi connectivity index (χ3v) is 9.94. The minimum Gasteiger partial charge on any atom is -0.343 e. The molecule has 1 heterocycles. The van der Waals surface area contributed by atoms with Crippen molar-refractivity contribution < 1.29 is 0 Å². The van der Waals surface area contributed by atoms with Crippen LogP contribution in [0.1, 0.15) is 27.8 Å². The van der Waals surface area contributed by atoms with Crippen LogP contribution in [0.15, 0.2) is 176 Å². The number of benzene rings is 8. The van der Waals surface area contributed by atoms with E-state index >= 15 is 0 Å². The largest absolute Gasteiger partial charge is 0.343 e. The van der Waals surface area contributed by atoms with Gasteiger partial charge in [-0.15, -0.1) is 0 Å². The molecule has 1 heteroatoms. The van der Waals surface area contributed by atoms with Gasteiger partial charge in [-0.2, -0.15) is 0 Å². The Morgan fingerprint density at radius 1 is 0.440 bits per heavy atom. The first-order valence-corrected chi connectivity index (χ1v) is 17.2. The average molecular weight is 638 g/mol. The maximum atomic E-state index is 2.33. The summed E-state index contributed by atoms with van der Waals surface area (Å²) in [5.74, 6) is 0. The molecule has 0 atom stereocenters. The Bertz CT molecular complexity index is 2700. The standard InChI is InChI=1S/C49H35N/c1-50-48-18-9-8-15-45(48)46-17-10-16-44(49(46)50)43-28-27-41-30-35(22-25-42(41)33-43)20-19-34-21-24-40-31-36(23-26-39(40)29-34)32-47(37-11-4-2-5-12-37)38-13-6-3-7-14-38/h2-33H,1H3/b20-19+. The van der Waals surface area contributed by atoms with Gasteiger partial charge in [0.25, 0.3) is 0 Å². The highest BCUT2D eigenvalue weighted by Crippen LogP contribution is 2.36. The number of fused-ring (bicyclic) bond motifs is 5. The quantitative estimate of drug-likeness (QED) is 0.160. The van der Waals surface area contributed by atoms with Gasteiger partial charge in [-0.05, 0) is 96.9 Å². The fraction of sp³-hybridized carbons (Fsp3) is 0.0204. The van der Waals surface area contributed by atoms with E-state index in [0.29, 0.717) is 0 Å². The van der Waals surface area contributed by atoms with Crippen LogP contribution in [0.25, 0.3) is 78.3 Å². The molecule has 1 nitrogen and oxygen atoms in total. The van der Waals surface area contributed by atoms with Crippen LogP contribution in [-0.4, -0.2) is 4.57 Å². The van der Waals surface area contributed by atoms with Gasteiger partial charge in [-0.3, -0.25) is 0 Å². The summed E-state index contributed by atoms with van der Waals surface area (Å²) in [7, 11) is 2.17. The monoisotopic (exact) mass is 637 g/mol. The van der Waals surface area contributed by atoms with Gasteiger partial charge < -0.3 is 4.57 Å². The van der Waals surface area contributed by atoms with Crippen molar-refractivity contribution in [2.45, 2.75) is 0 Å². The van der Waals surface area contributed by atoms with Crippen molar-refractivity contribution in [3.8, 4) is 11.1 Å². The van der Waals surface area contributed by atoms with Crippen molar-refractivity contribution in [3.63, 3.8) is 0 Å². The molecule has 0 unspecified atom stereocenters. The van der Waals surface area contributed by atoms with Crippen LogP contribution in [0.2, 0.25) is 0 Å². The summed E-state index contributed by atoms with van der Waals surface area (Å²) in [5, 5.41) is 7.55. The van der Waals surface area contributed by atoms with Crippen LogP contribution >= 0.6 is 0 Å². The van der Waals surface area contributed by atoms with E-state index in [2.05, 4.69) is 206 Å². The van der Waals surface area contributed by atoms with Crippen LogP contribution in [-0.2, 0) is 7.05 Å². The molecule has 9 rings (SSSR count). The zero-order valence-corrected chi connectivity index (χ0v) is 27.9. The third-order valence-electron chi connectivity index (χ3n) is 9.94. The highest BCUT2D eigenvalue weighted by molar-refractivity contribution is 6.13. The normalized spacial score (nSPS) is 11.6. The molecule has 0 radical (unpaired) electrons. The molecule has 0 saturated carbocycles. The number of aryl methyl sites for hydroxylation is 1. The fourth-order valence-corrected chi connectivity index (χ4v) is 7.41. The van der Waals surface area contributed by atoms with E-state index in [0.717, 1.165) is 0 Å². The molecule has 0 amide bonds. The van der Waals surface area contributed by atoms with Gasteiger partial charge in [0.15, 0.2) is 0 Å². The number of aromatic nitrogens is 1. The first kappa shape index (κ1) is 29.7. The van der Waals surface area contributed by atoms with Gasteiger partial charge in [0.1, 0.15) is 0 Å². The van der Waals surface area contributed by atoms with Crippen molar-refractivity contribution in [2.24, 2.45) is 7.05 Å². The maximum Gasteiger partial charge on any atom is 0.0568 e. The van der Waals surface area contributed by atoms with Gasteiger partial charge in [-0.25, -0.2) is 0 Å². The Morgan fingerprint density at radius 3 is 1.62 bits per heavy atom. The summed E-state index contributed by atoms with van der Waals surface area (Å²) in [6.07, 6.45) is 6.73. The number of nitrogens with zero attached hydrogens (tertiary/aromatic N) is 1. The van der Waals surface area contributed by atoms with Gasteiger partial charge in [0.05, 0.1) is 5.52 Å². The minimum atomic E-state index is 1.19. The SMILES string of the molecule is Cn1c2ccccc2c2cccc(-c3ccc4cc(/C=C/c5ccc6cc(C=C(c7ccccc7)c7ccccc7)ccc6c5)ccc4c3)c21. The first-order valence-electron chi connectivity index (χ1n) is 17.2.